The average molecular weight is 410 g/mol. The van der Waals surface area contributed by atoms with Crippen molar-refractivity contribution in [3.05, 3.63) is 40.3 Å². The largest absolute Gasteiger partial charge is 0.365 e. The second kappa shape index (κ2) is 7.05. The molecule has 4 rings (SSSR count). The lowest BCUT2D eigenvalue weighted by atomic mass is 9.91. The molecule has 28 heavy (non-hydrogen) atoms. The minimum Gasteiger partial charge on any atom is -0.365 e. The maximum atomic E-state index is 13.5. The molecule has 2 aliphatic rings. The van der Waals surface area contributed by atoms with E-state index in [9.17, 15) is 18.4 Å². The van der Waals surface area contributed by atoms with Gasteiger partial charge in [-0.2, -0.15) is 5.10 Å². The zero-order valence-electron chi connectivity index (χ0n) is 14.8. The monoisotopic (exact) mass is 409 g/mol. The van der Waals surface area contributed by atoms with Crippen LogP contribution >= 0.6 is 11.6 Å². The van der Waals surface area contributed by atoms with Gasteiger partial charge in [-0.3, -0.25) is 9.48 Å². The minimum atomic E-state index is -0.861. The van der Waals surface area contributed by atoms with E-state index in [-0.39, 0.29) is 29.2 Å². The Morgan fingerprint density at radius 1 is 1.29 bits per heavy atom. The second-order valence-corrected chi connectivity index (χ2v) is 7.43. The molecule has 0 spiro atoms. The number of halogens is 3. The van der Waals surface area contributed by atoms with Crippen molar-refractivity contribution in [2.24, 2.45) is 5.73 Å². The van der Waals surface area contributed by atoms with Gasteiger partial charge in [0.25, 0.3) is 5.91 Å². The van der Waals surface area contributed by atoms with Crippen LogP contribution in [0.3, 0.4) is 0 Å². The van der Waals surface area contributed by atoms with E-state index < -0.39 is 17.9 Å². The zero-order valence-corrected chi connectivity index (χ0v) is 15.5. The molecule has 10 heteroatoms. The number of fused-ring (bicyclic) bond motifs is 1. The van der Waals surface area contributed by atoms with Crippen LogP contribution in [0.4, 0.5) is 13.6 Å². The molecule has 1 aliphatic carbocycles. The van der Waals surface area contributed by atoms with Crippen molar-refractivity contribution >= 4 is 23.5 Å². The summed E-state index contributed by atoms with van der Waals surface area (Å²) in [5.41, 5.74) is 7.01. The molecule has 1 aromatic heterocycles. The average Bonchev–Trinajstić information content (AvgIpc) is 3.01. The van der Waals surface area contributed by atoms with E-state index >= 15 is 0 Å². The Balaban J connectivity index is 1.62. The summed E-state index contributed by atoms with van der Waals surface area (Å²) in [6, 6.07) is 3.56. The number of alkyl halides is 1. The van der Waals surface area contributed by atoms with Gasteiger partial charge in [-0.1, -0.05) is 11.6 Å². The van der Waals surface area contributed by atoms with Gasteiger partial charge in [0.1, 0.15) is 17.7 Å². The summed E-state index contributed by atoms with van der Waals surface area (Å²) >= 11 is 5.85. The first kappa shape index (κ1) is 18.7. The van der Waals surface area contributed by atoms with E-state index in [0.717, 1.165) is 0 Å². The number of hydrogen-bond acceptors (Lipinski definition) is 3. The van der Waals surface area contributed by atoms with Crippen LogP contribution < -0.4 is 11.1 Å². The van der Waals surface area contributed by atoms with Crippen LogP contribution in [0.5, 0.6) is 0 Å². The van der Waals surface area contributed by atoms with Gasteiger partial charge in [0.15, 0.2) is 0 Å². The highest BCUT2D eigenvalue weighted by molar-refractivity contribution is 6.31. The third kappa shape index (κ3) is 3.30. The number of aromatic nitrogens is 2. The zero-order chi connectivity index (χ0) is 20.0. The Labute approximate surface area is 164 Å². The van der Waals surface area contributed by atoms with Crippen LogP contribution in [0.25, 0.3) is 11.3 Å². The maximum absolute atomic E-state index is 13.5. The molecule has 0 saturated heterocycles. The van der Waals surface area contributed by atoms with Crippen molar-refractivity contribution in [3.63, 3.8) is 0 Å². The van der Waals surface area contributed by atoms with Crippen molar-refractivity contribution < 1.29 is 18.4 Å². The molecular formula is C18H18ClF2N5O2. The highest BCUT2D eigenvalue weighted by Gasteiger charge is 2.34. The van der Waals surface area contributed by atoms with Gasteiger partial charge in [0, 0.05) is 18.2 Å². The summed E-state index contributed by atoms with van der Waals surface area (Å²) in [5, 5.41) is 7.13. The molecule has 148 valence electrons. The molecule has 0 radical (unpaired) electrons. The smallest absolute Gasteiger partial charge is 0.318 e. The minimum absolute atomic E-state index is 0.0911. The van der Waals surface area contributed by atoms with Crippen molar-refractivity contribution in [3.8, 4) is 11.3 Å². The summed E-state index contributed by atoms with van der Waals surface area (Å²) < 4.78 is 28.1. The first-order chi connectivity index (χ1) is 13.3. The van der Waals surface area contributed by atoms with Crippen LogP contribution in [0.1, 0.15) is 28.9 Å². The first-order valence-corrected chi connectivity index (χ1v) is 9.25. The number of urea groups is 1. The predicted molar refractivity (Wildman–Crippen MR) is 98.0 cm³/mol. The van der Waals surface area contributed by atoms with E-state index in [1.54, 1.807) is 4.68 Å². The fourth-order valence-electron chi connectivity index (χ4n) is 3.53. The van der Waals surface area contributed by atoms with E-state index in [1.165, 1.54) is 23.1 Å². The Morgan fingerprint density at radius 2 is 2.04 bits per heavy atom. The molecule has 3 amide bonds. The standard InChI is InChI=1S/C18H18ClF2N5O2/c19-12-5-9(1-2-13(12)21)16-15(17(22)27)14-8-25(3-4-26(14)24-16)18(28)23-11-6-10(20)7-11/h1-2,5,10-11H,3-4,6-8H2,(H2,22,27)(H,23,28). The van der Waals surface area contributed by atoms with Crippen LogP contribution in [0, 0.1) is 5.82 Å². The highest BCUT2D eigenvalue weighted by atomic mass is 35.5. The summed E-state index contributed by atoms with van der Waals surface area (Å²) in [5.74, 6) is -1.28. The second-order valence-electron chi connectivity index (χ2n) is 7.02. The topological polar surface area (TPSA) is 93.2 Å². The summed E-state index contributed by atoms with van der Waals surface area (Å²) in [4.78, 5) is 26.1. The Morgan fingerprint density at radius 3 is 2.68 bits per heavy atom. The number of benzene rings is 1. The number of hydrogen-bond donors (Lipinski definition) is 2. The quantitative estimate of drug-likeness (QED) is 0.815. The maximum Gasteiger partial charge on any atom is 0.318 e. The molecule has 1 aromatic carbocycles. The van der Waals surface area contributed by atoms with Crippen molar-refractivity contribution in [2.75, 3.05) is 6.54 Å². The third-order valence-corrected chi connectivity index (χ3v) is 5.40. The van der Waals surface area contributed by atoms with Gasteiger partial charge in [-0.25, -0.2) is 13.6 Å². The number of nitrogens with one attached hydrogen (secondary N) is 1. The summed E-state index contributed by atoms with van der Waals surface area (Å²) in [6.07, 6.45) is -0.223. The molecule has 0 bridgehead atoms. The summed E-state index contributed by atoms with van der Waals surface area (Å²) in [7, 11) is 0. The molecule has 1 saturated carbocycles. The van der Waals surface area contributed by atoms with Gasteiger partial charge in [-0.15, -0.1) is 0 Å². The van der Waals surface area contributed by atoms with Crippen molar-refractivity contribution in [1.29, 1.82) is 0 Å². The lowest BCUT2D eigenvalue weighted by Crippen LogP contribution is -2.52. The van der Waals surface area contributed by atoms with Crippen LogP contribution in [-0.2, 0) is 13.1 Å². The van der Waals surface area contributed by atoms with Gasteiger partial charge in [0.05, 0.1) is 29.4 Å². The van der Waals surface area contributed by atoms with E-state index in [0.29, 0.717) is 42.9 Å². The lowest BCUT2D eigenvalue weighted by molar-refractivity contribution is 0.0996. The van der Waals surface area contributed by atoms with Crippen molar-refractivity contribution in [2.45, 2.75) is 38.1 Å². The Bertz CT molecular complexity index is 958. The number of rotatable bonds is 3. The summed E-state index contributed by atoms with van der Waals surface area (Å²) in [6.45, 7) is 0.889. The third-order valence-electron chi connectivity index (χ3n) is 5.11. The molecular weight excluding hydrogens is 392 g/mol. The number of nitrogens with two attached hydrogens (primary N) is 1. The van der Waals surface area contributed by atoms with Crippen LogP contribution in [-0.4, -0.2) is 45.4 Å². The number of primary amides is 1. The molecule has 0 atom stereocenters. The normalized spacial score (nSPS) is 21.0. The van der Waals surface area contributed by atoms with Crippen LogP contribution in [0.2, 0.25) is 5.02 Å². The number of amides is 3. The lowest BCUT2D eigenvalue weighted by Gasteiger charge is -2.34. The van der Waals surface area contributed by atoms with Crippen molar-refractivity contribution in [1.82, 2.24) is 20.0 Å². The number of carbonyl (C=O) groups excluding carboxylic acids is 2. The SMILES string of the molecule is NC(=O)c1c(-c2ccc(F)c(Cl)c2)nn2c1CN(C(=O)NC1CC(F)C1)CC2. The number of carbonyl (C=O) groups is 2. The predicted octanol–water partition coefficient (Wildman–Crippen LogP) is 2.47. The van der Waals surface area contributed by atoms with E-state index in [4.69, 9.17) is 17.3 Å². The fraction of sp³-hybridized carbons (Fsp3) is 0.389. The number of nitrogens with zero attached hydrogens (tertiary/aromatic N) is 3. The van der Waals surface area contributed by atoms with E-state index in [2.05, 4.69) is 10.4 Å². The highest BCUT2D eigenvalue weighted by Crippen LogP contribution is 2.31. The molecule has 2 heterocycles. The molecule has 0 unspecified atom stereocenters. The molecule has 2 aromatic rings. The van der Waals surface area contributed by atoms with E-state index in [1.807, 2.05) is 0 Å². The molecule has 7 nitrogen and oxygen atoms in total. The van der Waals surface area contributed by atoms with Gasteiger partial charge in [-0.05, 0) is 31.0 Å². The van der Waals surface area contributed by atoms with Gasteiger partial charge >= 0.3 is 6.03 Å². The Hall–Kier alpha value is -2.68. The van der Waals surface area contributed by atoms with Crippen LogP contribution in [0.15, 0.2) is 18.2 Å². The molecule has 1 aliphatic heterocycles. The van der Waals surface area contributed by atoms with Gasteiger partial charge < -0.3 is 16.0 Å². The molecule has 3 N–H and O–H groups in total. The van der Waals surface area contributed by atoms with Gasteiger partial charge in [0.2, 0.25) is 0 Å². The Kier molecular flexibility index (Phi) is 4.70. The molecule has 1 fully saturated rings. The first-order valence-electron chi connectivity index (χ1n) is 8.88. The fourth-order valence-corrected chi connectivity index (χ4v) is 3.71.